The van der Waals surface area contributed by atoms with Crippen molar-refractivity contribution < 1.29 is 19.4 Å². The van der Waals surface area contributed by atoms with E-state index in [1.807, 2.05) is 0 Å². The number of nitrogens with zero attached hydrogens (tertiary/aromatic N) is 3. The second-order valence-electron chi connectivity index (χ2n) is 7.18. The first-order valence-corrected chi connectivity index (χ1v) is 8.25. The Labute approximate surface area is 145 Å². The highest BCUT2D eigenvalue weighted by Gasteiger charge is 2.73. The zero-order valence-corrected chi connectivity index (χ0v) is 14.7. The maximum Gasteiger partial charge on any atom is 0.334 e. The molecule has 0 spiro atoms. The van der Waals surface area contributed by atoms with Crippen molar-refractivity contribution >= 4 is 23.4 Å². The molecule has 0 amide bonds. The number of carbonyl (C=O) groups excluding carboxylic acids is 1. The fourth-order valence-electron chi connectivity index (χ4n) is 3.23. The number of aromatic nitrogens is 3. The van der Waals surface area contributed by atoms with Crippen molar-refractivity contribution in [3.05, 3.63) is 24.3 Å². The molecule has 1 atom stereocenters. The van der Waals surface area contributed by atoms with Crippen molar-refractivity contribution in [3.63, 3.8) is 0 Å². The molecule has 1 fully saturated rings. The molecule has 3 heterocycles. The Morgan fingerprint density at radius 1 is 1.44 bits per heavy atom. The van der Waals surface area contributed by atoms with Gasteiger partial charge in [-0.25, -0.2) is 4.98 Å². The van der Waals surface area contributed by atoms with E-state index in [0.29, 0.717) is 23.9 Å². The van der Waals surface area contributed by atoms with Gasteiger partial charge in [-0.2, -0.15) is 0 Å². The molecule has 1 aliphatic rings. The first kappa shape index (κ1) is 17.2. The van der Waals surface area contributed by atoms with Gasteiger partial charge in [0.05, 0.1) is 6.20 Å². The third kappa shape index (κ3) is 2.35. The number of carboxylic acids is 1. The lowest BCUT2D eigenvalue weighted by Crippen LogP contribution is -2.71. The number of ether oxygens (including phenoxy) is 1. The van der Waals surface area contributed by atoms with Crippen molar-refractivity contribution in [2.45, 2.75) is 45.1 Å². The smallest absolute Gasteiger partial charge is 0.334 e. The number of fused-ring (bicyclic) bond motifs is 1. The molecule has 3 rings (SSSR count). The average molecular weight is 346 g/mol. The summed E-state index contributed by atoms with van der Waals surface area (Å²) < 4.78 is 6.86. The van der Waals surface area contributed by atoms with Gasteiger partial charge in [0.2, 0.25) is 5.41 Å². The summed E-state index contributed by atoms with van der Waals surface area (Å²) >= 11 is 0. The summed E-state index contributed by atoms with van der Waals surface area (Å²) in [5, 5.41) is 13.2. The van der Waals surface area contributed by atoms with E-state index in [1.165, 1.54) is 6.20 Å². The summed E-state index contributed by atoms with van der Waals surface area (Å²) in [7, 11) is 0. The predicted molar refractivity (Wildman–Crippen MR) is 90.4 cm³/mol. The maximum absolute atomic E-state index is 12.3. The number of carbonyl (C=O) groups is 2. The molecule has 0 radical (unpaired) electrons. The van der Waals surface area contributed by atoms with Gasteiger partial charge in [-0.1, -0.05) is 13.8 Å². The van der Waals surface area contributed by atoms with Gasteiger partial charge in [-0.15, -0.1) is 0 Å². The second-order valence-corrected chi connectivity index (χ2v) is 7.18. The van der Waals surface area contributed by atoms with E-state index in [0.717, 1.165) is 6.42 Å². The van der Waals surface area contributed by atoms with Crippen molar-refractivity contribution in [2.75, 3.05) is 11.9 Å². The Balaban J connectivity index is 2.17. The molecule has 0 saturated carbocycles. The van der Waals surface area contributed by atoms with E-state index < -0.39 is 23.0 Å². The topological polar surface area (TPSA) is 106 Å². The average Bonchev–Trinajstić information content (AvgIpc) is 2.84. The van der Waals surface area contributed by atoms with E-state index >= 15 is 0 Å². The predicted octanol–water partition coefficient (Wildman–Crippen LogP) is 1.85. The number of aliphatic carboxylic acids is 1. The highest BCUT2D eigenvalue weighted by molar-refractivity contribution is 6.12. The summed E-state index contributed by atoms with van der Waals surface area (Å²) in [5.41, 5.74) is -2.41. The van der Waals surface area contributed by atoms with Gasteiger partial charge in [-0.3, -0.25) is 19.0 Å². The van der Waals surface area contributed by atoms with E-state index in [1.54, 1.807) is 30.6 Å². The van der Waals surface area contributed by atoms with Crippen LogP contribution in [0.15, 0.2) is 18.6 Å². The number of hydrogen-bond acceptors (Lipinski definition) is 6. The molecule has 1 unspecified atom stereocenters. The Hall–Kier alpha value is -2.64. The van der Waals surface area contributed by atoms with Crippen LogP contribution in [0.3, 0.4) is 0 Å². The summed E-state index contributed by atoms with van der Waals surface area (Å²) in [6, 6.07) is 0. The number of anilines is 1. The Morgan fingerprint density at radius 2 is 2.16 bits per heavy atom. The van der Waals surface area contributed by atoms with E-state index in [9.17, 15) is 14.7 Å². The van der Waals surface area contributed by atoms with Gasteiger partial charge >= 0.3 is 11.9 Å². The molecule has 1 aliphatic heterocycles. The Kier molecular flexibility index (Phi) is 3.93. The zero-order chi connectivity index (χ0) is 18.4. The number of nitrogens with one attached hydrogen (secondary N) is 1. The molecular weight excluding hydrogens is 324 g/mol. The van der Waals surface area contributed by atoms with Gasteiger partial charge in [0.1, 0.15) is 17.1 Å². The Bertz CT molecular complexity index is 832. The van der Waals surface area contributed by atoms with Crippen LogP contribution in [0.4, 0.5) is 5.82 Å². The third-order valence-electron chi connectivity index (χ3n) is 4.68. The minimum absolute atomic E-state index is 0.165. The van der Waals surface area contributed by atoms with Gasteiger partial charge in [0, 0.05) is 18.9 Å². The molecule has 8 heteroatoms. The lowest BCUT2D eigenvalue weighted by atomic mass is 9.66. The lowest BCUT2D eigenvalue weighted by molar-refractivity contribution is -0.219. The van der Waals surface area contributed by atoms with Crippen molar-refractivity contribution in [1.29, 1.82) is 0 Å². The van der Waals surface area contributed by atoms with Gasteiger partial charge in [0.25, 0.3) is 0 Å². The van der Waals surface area contributed by atoms with Crippen molar-refractivity contribution in [1.82, 2.24) is 14.4 Å². The highest BCUT2D eigenvalue weighted by atomic mass is 16.6. The minimum Gasteiger partial charge on any atom is -0.480 e. The zero-order valence-electron chi connectivity index (χ0n) is 14.7. The van der Waals surface area contributed by atoms with E-state index in [2.05, 4.69) is 29.1 Å². The number of imidazole rings is 1. The summed E-state index contributed by atoms with van der Waals surface area (Å²) in [4.78, 5) is 32.9. The number of cyclic esters (lactones) is 1. The van der Waals surface area contributed by atoms with Crippen LogP contribution in [0.1, 0.15) is 39.8 Å². The number of hydrogen-bond donors (Lipinski definition) is 2. The fourth-order valence-corrected chi connectivity index (χ4v) is 3.23. The van der Waals surface area contributed by atoms with Crippen LogP contribution < -0.4 is 5.32 Å². The van der Waals surface area contributed by atoms with Crippen LogP contribution >= 0.6 is 0 Å². The number of carboxylic acid groups (broad SMARTS) is 1. The quantitative estimate of drug-likeness (QED) is 0.607. The first-order valence-electron chi connectivity index (χ1n) is 8.25. The largest absolute Gasteiger partial charge is 0.480 e. The normalized spacial score (nSPS) is 21.9. The molecule has 25 heavy (non-hydrogen) atoms. The van der Waals surface area contributed by atoms with Crippen LogP contribution in [0, 0.1) is 5.92 Å². The van der Waals surface area contributed by atoms with E-state index in [-0.39, 0.29) is 5.69 Å². The summed E-state index contributed by atoms with van der Waals surface area (Å²) in [5.74, 6) is -1.09. The lowest BCUT2D eigenvalue weighted by Gasteiger charge is -2.49. The van der Waals surface area contributed by atoms with Crippen molar-refractivity contribution in [3.8, 4) is 0 Å². The molecule has 8 nitrogen and oxygen atoms in total. The van der Waals surface area contributed by atoms with Crippen LogP contribution in [-0.4, -0.2) is 43.6 Å². The maximum atomic E-state index is 12.3. The highest BCUT2D eigenvalue weighted by Crippen LogP contribution is 2.50. The van der Waals surface area contributed by atoms with Crippen LogP contribution in [0.5, 0.6) is 0 Å². The molecule has 1 saturated heterocycles. The number of esters is 1. The van der Waals surface area contributed by atoms with Crippen LogP contribution in [-0.2, 0) is 19.7 Å². The summed E-state index contributed by atoms with van der Waals surface area (Å²) in [6.45, 7) is 8.01. The third-order valence-corrected chi connectivity index (χ3v) is 4.68. The van der Waals surface area contributed by atoms with Gasteiger partial charge < -0.3 is 15.2 Å². The standard InChI is InChI=1S/C17H22N4O4/c1-10(2)5-6-19-13-12(20-11-9-18-7-8-21(11)13)17(14(22)23)15(24)25-16(17,3)4/h7-10,19H,5-6H2,1-4H3,(H,22,23). The molecule has 2 aromatic rings. The first-order chi connectivity index (χ1) is 11.7. The molecular formula is C17H22N4O4. The minimum atomic E-state index is -1.85. The second kappa shape index (κ2) is 5.72. The van der Waals surface area contributed by atoms with Crippen LogP contribution in [0.2, 0.25) is 0 Å². The SMILES string of the molecule is CC(C)CCNc1c(C2(C(=O)O)C(=O)OC2(C)C)nc2cnccn12. The molecule has 0 aliphatic carbocycles. The molecule has 0 aromatic carbocycles. The van der Waals surface area contributed by atoms with Crippen molar-refractivity contribution in [2.24, 2.45) is 5.92 Å². The number of rotatable bonds is 6. The fraction of sp³-hybridized carbons (Fsp3) is 0.529. The molecule has 134 valence electrons. The van der Waals surface area contributed by atoms with E-state index in [4.69, 9.17) is 4.74 Å². The molecule has 2 aromatic heterocycles. The van der Waals surface area contributed by atoms with Gasteiger partial charge in [0.15, 0.2) is 5.65 Å². The van der Waals surface area contributed by atoms with Crippen LogP contribution in [0.25, 0.3) is 5.65 Å². The molecule has 2 N–H and O–H groups in total. The van der Waals surface area contributed by atoms with Gasteiger partial charge in [-0.05, 0) is 26.2 Å². The summed E-state index contributed by atoms with van der Waals surface area (Å²) in [6.07, 6.45) is 5.70. The molecule has 0 bridgehead atoms. The monoisotopic (exact) mass is 346 g/mol. The Morgan fingerprint density at radius 3 is 2.72 bits per heavy atom.